The summed E-state index contributed by atoms with van der Waals surface area (Å²) in [5.74, 6) is 0.547. The normalized spacial score (nSPS) is 19.8. The number of hydrogen-bond acceptors (Lipinski definition) is 4. The molecule has 19 heavy (non-hydrogen) atoms. The van der Waals surface area contributed by atoms with Crippen LogP contribution < -0.4 is 5.73 Å². The maximum Gasteiger partial charge on any atom is 0.151 e. The number of nitrogens with one attached hydrogen (secondary N) is 1. The van der Waals surface area contributed by atoms with Crippen LogP contribution in [0.5, 0.6) is 0 Å². The zero-order chi connectivity index (χ0) is 13.9. The number of rotatable bonds is 3. The smallest absolute Gasteiger partial charge is 0.151 e. The van der Waals surface area contributed by atoms with Crippen LogP contribution in [-0.4, -0.2) is 43.7 Å². The molecule has 0 radical (unpaired) electrons. The first-order valence-electron chi connectivity index (χ1n) is 6.33. The molecule has 0 bridgehead atoms. The molecule has 0 saturated carbocycles. The maximum absolute atomic E-state index is 11.6. The number of nitrogens with two attached hydrogens (primary N) is 1. The Kier molecular flexibility index (Phi) is 4.21. The van der Waals surface area contributed by atoms with Crippen LogP contribution in [0.3, 0.4) is 0 Å². The van der Waals surface area contributed by atoms with Crippen molar-refractivity contribution in [2.24, 2.45) is 5.73 Å². The van der Waals surface area contributed by atoms with E-state index in [-0.39, 0.29) is 17.3 Å². The molecule has 1 aliphatic heterocycles. The third-order valence-corrected chi connectivity index (χ3v) is 5.06. The van der Waals surface area contributed by atoms with Gasteiger partial charge >= 0.3 is 0 Å². The second-order valence-electron chi connectivity index (χ2n) is 4.85. The van der Waals surface area contributed by atoms with Gasteiger partial charge in [-0.1, -0.05) is 24.3 Å². The molecule has 0 amide bonds. The Morgan fingerprint density at radius 2 is 2.00 bits per heavy atom. The van der Waals surface area contributed by atoms with Crippen molar-refractivity contribution in [3.05, 3.63) is 35.4 Å². The molecule has 0 atom stereocenters. The fourth-order valence-corrected chi connectivity index (χ4v) is 3.62. The summed E-state index contributed by atoms with van der Waals surface area (Å²) in [4.78, 5) is 2.12. The van der Waals surface area contributed by atoms with E-state index in [1.165, 1.54) is 0 Å². The lowest BCUT2D eigenvalue weighted by molar-refractivity contribution is 0.287. The van der Waals surface area contributed by atoms with Crippen LogP contribution in [0.4, 0.5) is 0 Å². The molecule has 6 heteroatoms. The lowest BCUT2D eigenvalue weighted by atomic mass is 10.1. The predicted octanol–water partition coefficient (Wildman–Crippen LogP) is 0.591. The Labute approximate surface area is 113 Å². The van der Waals surface area contributed by atoms with Crippen molar-refractivity contribution in [3.8, 4) is 0 Å². The number of nitrogens with zero attached hydrogens (tertiary/aromatic N) is 1. The van der Waals surface area contributed by atoms with Crippen molar-refractivity contribution in [2.45, 2.75) is 13.0 Å². The van der Waals surface area contributed by atoms with Crippen LogP contribution in [-0.2, 0) is 16.4 Å². The number of nitrogen functional groups attached to an aromatic ring is 1. The van der Waals surface area contributed by atoms with Crippen LogP contribution in [0.2, 0.25) is 0 Å². The Morgan fingerprint density at radius 1 is 1.26 bits per heavy atom. The SMILES string of the molecule is N=C(N)c1ccccc1CN1CCCS(=O)(=O)CC1. The van der Waals surface area contributed by atoms with Gasteiger partial charge in [0.15, 0.2) is 9.84 Å². The molecule has 1 aliphatic rings. The minimum absolute atomic E-state index is 0.0537. The molecule has 3 N–H and O–H groups in total. The summed E-state index contributed by atoms with van der Waals surface area (Å²) in [6.45, 7) is 1.96. The highest BCUT2D eigenvalue weighted by atomic mass is 32.2. The minimum atomic E-state index is -2.88. The van der Waals surface area contributed by atoms with Crippen molar-refractivity contribution in [2.75, 3.05) is 24.6 Å². The molecule has 0 spiro atoms. The molecule has 0 unspecified atom stereocenters. The number of sulfone groups is 1. The van der Waals surface area contributed by atoms with E-state index in [4.69, 9.17) is 11.1 Å². The summed E-state index contributed by atoms with van der Waals surface area (Å²) < 4.78 is 23.1. The molecule has 1 fully saturated rings. The van der Waals surface area contributed by atoms with Crippen LogP contribution in [0.15, 0.2) is 24.3 Å². The van der Waals surface area contributed by atoms with Gasteiger partial charge in [-0.2, -0.15) is 0 Å². The monoisotopic (exact) mass is 281 g/mol. The van der Waals surface area contributed by atoms with Crippen LogP contribution in [0.25, 0.3) is 0 Å². The lowest BCUT2D eigenvalue weighted by Gasteiger charge is -2.20. The van der Waals surface area contributed by atoms with Gasteiger partial charge in [-0.25, -0.2) is 8.42 Å². The van der Waals surface area contributed by atoms with Crippen molar-refractivity contribution >= 4 is 15.7 Å². The number of hydrogen-bond donors (Lipinski definition) is 2. The van der Waals surface area contributed by atoms with Crippen molar-refractivity contribution < 1.29 is 8.42 Å². The Morgan fingerprint density at radius 3 is 2.74 bits per heavy atom. The van der Waals surface area contributed by atoms with E-state index >= 15 is 0 Å². The molecule has 1 aromatic carbocycles. The first kappa shape index (κ1) is 14.0. The standard InChI is InChI=1S/C13H19N3O2S/c14-13(15)12-5-2-1-4-11(12)10-16-6-3-8-19(17,18)9-7-16/h1-2,4-5H,3,6-10H2,(H3,14,15). The van der Waals surface area contributed by atoms with E-state index in [9.17, 15) is 8.42 Å². The topological polar surface area (TPSA) is 87.2 Å². The first-order chi connectivity index (χ1) is 8.98. The van der Waals surface area contributed by atoms with Gasteiger partial charge in [-0.15, -0.1) is 0 Å². The molecular formula is C13H19N3O2S. The zero-order valence-corrected chi connectivity index (χ0v) is 11.6. The maximum atomic E-state index is 11.6. The second-order valence-corrected chi connectivity index (χ2v) is 7.16. The molecule has 5 nitrogen and oxygen atoms in total. The fraction of sp³-hybridized carbons (Fsp3) is 0.462. The quantitative estimate of drug-likeness (QED) is 0.627. The average Bonchev–Trinajstić information content (AvgIpc) is 2.51. The third kappa shape index (κ3) is 3.78. The van der Waals surface area contributed by atoms with Crippen LogP contribution in [0, 0.1) is 5.41 Å². The van der Waals surface area contributed by atoms with Gasteiger partial charge in [0.25, 0.3) is 0 Å². The van der Waals surface area contributed by atoms with E-state index in [2.05, 4.69) is 4.90 Å². The summed E-state index contributed by atoms with van der Waals surface area (Å²) in [5.41, 5.74) is 7.27. The Balaban J connectivity index is 2.11. The second kappa shape index (κ2) is 5.71. The summed E-state index contributed by atoms with van der Waals surface area (Å²) in [5, 5.41) is 7.56. The van der Waals surface area contributed by atoms with Gasteiger partial charge < -0.3 is 5.73 Å². The van der Waals surface area contributed by atoms with Crippen molar-refractivity contribution in [3.63, 3.8) is 0 Å². The minimum Gasteiger partial charge on any atom is -0.384 e. The largest absolute Gasteiger partial charge is 0.384 e. The number of amidine groups is 1. The molecule has 0 aliphatic carbocycles. The van der Waals surface area contributed by atoms with Crippen molar-refractivity contribution in [1.82, 2.24) is 4.90 Å². The highest BCUT2D eigenvalue weighted by Crippen LogP contribution is 2.13. The van der Waals surface area contributed by atoms with Gasteiger partial charge in [0.05, 0.1) is 11.5 Å². The highest BCUT2D eigenvalue weighted by molar-refractivity contribution is 7.91. The van der Waals surface area contributed by atoms with Crippen molar-refractivity contribution in [1.29, 1.82) is 5.41 Å². The van der Waals surface area contributed by atoms with Gasteiger partial charge in [0.1, 0.15) is 5.84 Å². The van der Waals surface area contributed by atoms with E-state index < -0.39 is 9.84 Å². The van der Waals surface area contributed by atoms with E-state index in [0.29, 0.717) is 19.5 Å². The summed E-state index contributed by atoms with van der Waals surface area (Å²) in [7, 11) is -2.88. The third-order valence-electron chi connectivity index (χ3n) is 3.35. The Hall–Kier alpha value is -1.40. The fourth-order valence-electron chi connectivity index (χ4n) is 2.31. The highest BCUT2D eigenvalue weighted by Gasteiger charge is 2.19. The molecular weight excluding hydrogens is 262 g/mol. The molecule has 1 aromatic rings. The lowest BCUT2D eigenvalue weighted by Crippen LogP contribution is -2.28. The summed E-state index contributed by atoms with van der Waals surface area (Å²) in [6, 6.07) is 7.53. The van der Waals surface area contributed by atoms with Gasteiger partial charge in [-0.05, 0) is 18.5 Å². The summed E-state index contributed by atoms with van der Waals surface area (Å²) in [6.07, 6.45) is 0.671. The average molecular weight is 281 g/mol. The molecule has 0 aromatic heterocycles. The van der Waals surface area contributed by atoms with Gasteiger partial charge in [0.2, 0.25) is 0 Å². The first-order valence-corrected chi connectivity index (χ1v) is 8.15. The Bertz CT molecular complexity index is 569. The predicted molar refractivity (Wildman–Crippen MR) is 76.0 cm³/mol. The molecule has 1 saturated heterocycles. The zero-order valence-electron chi connectivity index (χ0n) is 10.8. The molecule has 104 valence electrons. The van der Waals surface area contributed by atoms with Crippen LogP contribution in [0.1, 0.15) is 17.5 Å². The number of benzene rings is 1. The van der Waals surface area contributed by atoms with E-state index in [0.717, 1.165) is 17.7 Å². The van der Waals surface area contributed by atoms with Gasteiger partial charge in [0, 0.05) is 18.7 Å². The van der Waals surface area contributed by atoms with Crippen LogP contribution >= 0.6 is 0 Å². The van der Waals surface area contributed by atoms with E-state index in [1.807, 2.05) is 24.3 Å². The van der Waals surface area contributed by atoms with Gasteiger partial charge in [-0.3, -0.25) is 10.3 Å². The molecule has 1 heterocycles. The summed E-state index contributed by atoms with van der Waals surface area (Å²) >= 11 is 0. The molecule has 2 rings (SSSR count). The van der Waals surface area contributed by atoms with E-state index in [1.54, 1.807) is 0 Å².